The first-order valence-corrected chi connectivity index (χ1v) is 9.43. The van der Waals surface area contributed by atoms with Crippen molar-refractivity contribution in [2.45, 2.75) is 46.3 Å². The summed E-state index contributed by atoms with van der Waals surface area (Å²) in [4.78, 5) is 13.0. The minimum absolute atomic E-state index is 0.286. The second-order valence-electron chi connectivity index (χ2n) is 7.84. The maximum atomic E-state index is 8.17. The molecule has 5 heteroatoms. The highest BCUT2D eigenvalue weighted by Crippen LogP contribution is 2.49. The van der Waals surface area contributed by atoms with Crippen molar-refractivity contribution in [3.8, 4) is 0 Å². The van der Waals surface area contributed by atoms with Gasteiger partial charge in [-0.15, -0.1) is 0 Å². The van der Waals surface area contributed by atoms with Gasteiger partial charge >= 0.3 is 0 Å². The van der Waals surface area contributed by atoms with Gasteiger partial charge in [-0.1, -0.05) is 12.1 Å². The topological polar surface area (TPSA) is 45.4 Å². The van der Waals surface area contributed by atoms with Crippen molar-refractivity contribution in [1.82, 2.24) is 9.97 Å². The molecule has 4 aromatic rings. The maximum absolute atomic E-state index is 8.17. The van der Waals surface area contributed by atoms with Crippen LogP contribution in [-0.4, -0.2) is 21.7 Å². The van der Waals surface area contributed by atoms with E-state index >= 15 is 0 Å². The Balaban J connectivity index is 1.79. The molecular formula is C23H24N4O. The molecule has 1 aliphatic heterocycles. The number of hydrogen-bond donors (Lipinski definition) is 0. The van der Waals surface area contributed by atoms with Crippen LogP contribution in [0, 0.1) is 6.92 Å². The Hall–Kier alpha value is -3.08. The van der Waals surface area contributed by atoms with Crippen LogP contribution in [-0.2, 0) is 0 Å². The van der Waals surface area contributed by atoms with E-state index in [9.17, 15) is 0 Å². The number of pyridine rings is 2. The number of rotatable bonds is 1. The summed E-state index contributed by atoms with van der Waals surface area (Å²) in [5, 5.41) is 1.94. The van der Waals surface area contributed by atoms with Crippen LogP contribution in [0.1, 0.15) is 37.3 Å². The lowest BCUT2D eigenvalue weighted by Crippen LogP contribution is -2.49. The summed E-state index contributed by atoms with van der Waals surface area (Å²) in [7, 11) is 0. The van der Waals surface area contributed by atoms with Crippen LogP contribution in [0.4, 0.5) is 17.2 Å². The Bertz CT molecular complexity index is 1310. The minimum atomic E-state index is -2.20. The third kappa shape index (κ3) is 2.25. The molecule has 0 radical (unpaired) electrons. The number of anilines is 3. The van der Waals surface area contributed by atoms with Crippen LogP contribution in [0.2, 0.25) is 0 Å². The summed E-state index contributed by atoms with van der Waals surface area (Å²) < 4.78 is 30.7. The van der Waals surface area contributed by atoms with Crippen LogP contribution < -0.4 is 9.80 Å². The summed E-state index contributed by atoms with van der Waals surface area (Å²) in [6.07, 6.45) is 3.14. The van der Waals surface area contributed by atoms with E-state index in [1.165, 1.54) is 0 Å². The van der Waals surface area contributed by atoms with Gasteiger partial charge in [-0.05, 0) is 64.4 Å². The molecule has 1 aromatic carbocycles. The van der Waals surface area contributed by atoms with E-state index in [2.05, 4.69) is 27.0 Å². The predicted octanol–water partition coefficient (Wildman–Crippen LogP) is 5.79. The number of aromatic nitrogens is 2. The van der Waals surface area contributed by atoms with Crippen LogP contribution in [0.25, 0.3) is 22.1 Å². The molecule has 4 heterocycles. The summed E-state index contributed by atoms with van der Waals surface area (Å²) in [5.74, 6) is 0.654. The quantitative estimate of drug-likeness (QED) is 0.421. The molecule has 3 aromatic heterocycles. The predicted molar refractivity (Wildman–Crippen MR) is 114 cm³/mol. The van der Waals surface area contributed by atoms with Crippen LogP contribution in [0.15, 0.2) is 53.2 Å². The number of benzene rings is 1. The third-order valence-corrected chi connectivity index (χ3v) is 5.44. The fourth-order valence-corrected chi connectivity index (χ4v) is 4.35. The molecule has 142 valence electrons. The maximum Gasteiger partial charge on any atom is 0.227 e. The van der Waals surface area contributed by atoms with Gasteiger partial charge in [0.2, 0.25) is 5.71 Å². The zero-order valence-electron chi connectivity index (χ0n) is 19.4. The highest BCUT2D eigenvalue weighted by molar-refractivity contribution is 6.09. The first-order chi connectivity index (χ1) is 14.6. The van der Waals surface area contributed by atoms with E-state index in [0.29, 0.717) is 11.5 Å². The van der Waals surface area contributed by atoms with E-state index in [4.69, 9.17) is 8.53 Å². The monoisotopic (exact) mass is 375 g/mol. The Kier molecular flexibility index (Phi) is 2.85. The zero-order valence-corrected chi connectivity index (χ0v) is 16.4. The van der Waals surface area contributed by atoms with E-state index in [1.54, 1.807) is 26.2 Å². The summed E-state index contributed by atoms with van der Waals surface area (Å²) in [5.41, 5.74) is 2.99. The highest BCUT2D eigenvalue weighted by Gasteiger charge is 2.41. The fraction of sp³-hybridized carbons (Fsp3) is 0.304. The Morgan fingerprint density at radius 3 is 2.68 bits per heavy atom. The van der Waals surface area contributed by atoms with Crippen LogP contribution in [0.3, 0.4) is 0 Å². The molecule has 0 fully saturated rings. The van der Waals surface area contributed by atoms with Crippen molar-refractivity contribution >= 4 is 39.3 Å². The van der Waals surface area contributed by atoms with Crippen molar-refractivity contribution in [1.29, 1.82) is 0 Å². The van der Waals surface area contributed by atoms with Gasteiger partial charge in [0.25, 0.3) is 0 Å². The average Bonchev–Trinajstić information content (AvgIpc) is 3.22. The Morgan fingerprint density at radius 2 is 1.86 bits per heavy atom. The van der Waals surface area contributed by atoms with E-state index in [0.717, 1.165) is 33.3 Å². The van der Waals surface area contributed by atoms with Gasteiger partial charge in [0, 0.05) is 32.8 Å². The van der Waals surface area contributed by atoms with Crippen LogP contribution >= 0.6 is 0 Å². The van der Waals surface area contributed by atoms with E-state index < -0.39 is 12.4 Å². The highest BCUT2D eigenvalue weighted by atomic mass is 16.3. The number of hydrogen-bond acceptors (Lipinski definition) is 5. The smallest absolute Gasteiger partial charge is 0.227 e. The number of fused-ring (bicyclic) bond motifs is 4. The fourth-order valence-electron chi connectivity index (χ4n) is 4.35. The molecule has 28 heavy (non-hydrogen) atoms. The molecular weight excluding hydrogens is 348 g/mol. The molecule has 0 amide bonds. The summed E-state index contributed by atoms with van der Waals surface area (Å²) >= 11 is 0. The lowest BCUT2D eigenvalue weighted by atomic mass is 10.1. The molecule has 5 rings (SSSR count). The van der Waals surface area contributed by atoms with Crippen LogP contribution in [0.5, 0.6) is 0 Å². The molecule has 1 unspecified atom stereocenters. The van der Waals surface area contributed by atoms with Gasteiger partial charge in [0.05, 0.1) is 11.4 Å². The lowest BCUT2D eigenvalue weighted by Gasteiger charge is -2.39. The summed E-state index contributed by atoms with van der Waals surface area (Å²) in [6.45, 7) is 5.34. The van der Waals surface area contributed by atoms with Crippen molar-refractivity contribution in [3.63, 3.8) is 0 Å². The first-order valence-electron chi connectivity index (χ1n) is 10.9. The van der Waals surface area contributed by atoms with Crippen molar-refractivity contribution in [2.75, 3.05) is 9.80 Å². The van der Waals surface area contributed by atoms with Gasteiger partial charge in [0.1, 0.15) is 6.17 Å². The Morgan fingerprint density at radius 1 is 1.07 bits per heavy atom. The molecule has 0 aliphatic carbocycles. The second-order valence-corrected chi connectivity index (χ2v) is 7.84. The molecule has 0 bridgehead atoms. The van der Waals surface area contributed by atoms with Crippen molar-refractivity contribution < 1.29 is 8.53 Å². The SMILES string of the molecule is [2H]C([2H])([2H])C(C)(C)N1c2ncccc2N(c2c(C)ccc3c2oc2ncccc23)C1C. The van der Waals surface area contributed by atoms with E-state index in [1.807, 2.05) is 43.0 Å². The number of nitrogens with zero attached hydrogens (tertiary/aromatic N) is 4. The van der Waals surface area contributed by atoms with Gasteiger partial charge in [0.15, 0.2) is 11.4 Å². The molecule has 5 nitrogen and oxygen atoms in total. The molecule has 0 saturated heterocycles. The third-order valence-electron chi connectivity index (χ3n) is 5.44. The van der Waals surface area contributed by atoms with Crippen molar-refractivity contribution in [3.05, 3.63) is 54.4 Å². The molecule has 0 spiro atoms. The van der Waals surface area contributed by atoms with Gasteiger partial charge in [-0.2, -0.15) is 0 Å². The average molecular weight is 375 g/mol. The van der Waals surface area contributed by atoms with Gasteiger partial charge in [-0.3, -0.25) is 0 Å². The van der Waals surface area contributed by atoms with Gasteiger partial charge in [-0.25, -0.2) is 9.97 Å². The van der Waals surface area contributed by atoms with Gasteiger partial charge < -0.3 is 14.2 Å². The Labute approximate surface area is 168 Å². The number of furan rings is 1. The van der Waals surface area contributed by atoms with Crippen molar-refractivity contribution in [2.24, 2.45) is 0 Å². The number of aryl methyl sites for hydroxylation is 1. The zero-order chi connectivity index (χ0) is 22.1. The summed E-state index contributed by atoms with van der Waals surface area (Å²) in [6, 6.07) is 11.9. The molecule has 1 aliphatic rings. The molecule has 0 saturated carbocycles. The molecule has 0 N–H and O–H groups in total. The standard InChI is InChI=1S/C23H24N4O/c1-14-10-11-16-17-8-6-13-25-22(17)28-20(16)19(14)26-15(2)27(23(3,4)5)21-18(26)9-7-12-24-21/h6-13,15H,1-5H3/i3D3. The van der Waals surface area contributed by atoms with E-state index in [-0.39, 0.29) is 6.17 Å². The molecule has 1 atom stereocenters. The largest absolute Gasteiger partial charge is 0.435 e. The lowest BCUT2D eigenvalue weighted by molar-refractivity contribution is 0.464. The second kappa shape index (κ2) is 5.71. The minimum Gasteiger partial charge on any atom is -0.435 e. The first kappa shape index (κ1) is 14.0. The normalized spacial score (nSPS) is 19.0.